The summed E-state index contributed by atoms with van der Waals surface area (Å²) in [7, 11) is 1.70. The molecule has 0 radical (unpaired) electrons. The van der Waals surface area contributed by atoms with Crippen LogP contribution >= 0.6 is 0 Å². The van der Waals surface area contributed by atoms with Crippen LogP contribution in [0.5, 0.6) is 0 Å². The molecule has 0 spiro atoms. The number of hydrogen-bond acceptors (Lipinski definition) is 3. The number of hydrogen-bond donors (Lipinski definition) is 1. The molecule has 0 saturated carbocycles. The summed E-state index contributed by atoms with van der Waals surface area (Å²) in [4.78, 5) is 11.6. The maximum absolute atomic E-state index is 11.6. The van der Waals surface area contributed by atoms with E-state index >= 15 is 0 Å². The normalized spacial score (nSPS) is 10.6. The fraction of sp³-hybridized carbons (Fsp3) is 0.0833. The number of nitrogens with one attached hydrogen (secondary N) is 1. The molecule has 86 valence electrons. The third-order valence-corrected chi connectivity index (χ3v) is 2.23. The van der Waals surface area contributed by atoms with Gasteiger partial charge in [-0.1, -0.05) is 30.3 Å². The molecule has 5 nitrogen and oxygen atoms in total. The minimum atomic E-state index is -0.280. The molecule has 1 aromatic carbocycles. The molecule has 0 fully saturated rings. The highest BCUT2D eigenvalue weighted by Crippen LogP contribution is 1.96. The van der Waals surface area contributed by atoms with Gasteiger partial charge in [0.1, 0.15) is 5.69 Å². The van der Waals surface area contributed by atoms with Crippen molar-refractivity contribution in [1.82, 2.24) is 15.2 Å². The maximum Gasteiger partial charge on any atom is 0.289 e. The Balaban J connectivity index is 1.98. The summed E-state index contributed by atoms with van der Waals surface area (Å²) in [6.45, 7) is 0. The molecule has 0 aliphatic rings. The number of carbonyl (C=O) groups excluding carboxylic acids is 1. The number of aryl methyl sites for hydroxylation is 1. The van der Waals surface area contributed by atoms with E-state index in [1.54, 1.807) is 25.5 Å². The smallest absolute Gasteiger partial charge is 0.266 e. The van der Waals surface area contributed by atoms with Crippen LogP contribution in [0.2, 0.25) is 0 Å². The van der Waals surface area contributed by atoms with E-state index in [4.69, 9.17) is 0 Å². The summed E-state index contributed by atoms with van der Waals surface area (Å²) in [5.74, 6) is -0.280. The van der Waals surface area contributed by atoms with Crippen LogP contribution in [0, 0.1) is 0 Å². The SMILES string of the molecule is Cn1nccc1C(=O)N/N=C\c1ccccc1. The van der Waals surface area contributed by atoms with Gasteiger partial charge in [-0.05, 0) is 11.6 Å². The summed E-state index contributed by atoms with van der Waals surface area (Å²) in [5.41, 5.74) is 3.84. The Kier molecular flexibility index (Phi) is 3.30. The molecule has 2 rings (SSSR count). The van der Waals surface area contributed by atoms with Crippen molar-refractivity contribution in [3.05, 3.63) is 53.9 Å². The van der Waals surface area contributed by atoms with E-state index in [0.29, 0.717) is 5.69 Å². The Morgan fingerprint density at radius 3 is 2.76 bits per heavy atom. The highest BCUT2D eigenvalue weighted by atomic mass is 16.2. The van der Waals surface area contributed by atoms with E-state index in [1.807, 2.05) is 30.3 Å². The standard InChI is InChI=1S/C12H12N4O/c1-16-11(7-8-14-16)12(17)15-13-9-10-5-3-2-4-6-10/h2-9H,1H3,(H,15,17)/b13-9-. The van der Waals surface area contributed by atoms with Gasteiger partial charge in [-0.2, -0.15) is 10.2 Å². The first-order valence-electron chi connectivity index (χ1n) is 5.14. The topological polar surface area (TPSA) is 59.3 Å². The second-order valence-electron chi connectivity index (χ2n) is 3.45. The predicted octanol–water partition coefficient (Wildman–Crippen LogP) is 1.18. The number of hydrazone groups is 1. The minimum Gasteiger partial charge on any atom is -0.266 e. The van der Waals surface area contributed by atoms with Crippen LogP contribution in [0.4, 0.5) is 0 Å². The molecule has 2 aromatic rings. The van der Waals surface area contributed by atoms with Crippen LogP contribution in [0.25, 0.3) is 0 Å². The molecule has 0 unspecified atom stereocenters. The molecule has 0 bridgehead atoms. The zero-order valence-electron chi connectivity index (χ0n) is 9.37. The van der Waals surface area contributed by atoms with Crippen molar-refractivity contribution in [2.24, 2.45) is 12.1 Å². The molecule has 17 heavy (non-hydrogen) atoms. The molecule has 1 N–H and O–H groups in total. The molecule has 5 heteroatoms. The molecular formula is C12H12N4O. The van der Waals surface area contributed by atoms with Gasteiger partial charge in [-0.15, -0.1) is 0 Å². The molecule has 0 aliphatic heterocycles. The van der Waals surface area contributed by atoms with E-state index in [9.17, 15) is 4.79 Å². The van der Waals surface area contributed by atoms with E-state index in [2.05, 4.69) is 15.6 Å². The van der Waals surface area contributed by atoms with Gasteiger partial charge >= 0.3 is 0 Å². The van der Waals surface area contributed by atoms with Crippen LogP contribution in [0.15, 0.2) is 47.7 Å². The second-order valence-corrected chi connectivity index (χ2v) is 3.45. The first-order chi connectivity index (χ1) is 8.27. The number of rotatable bonds is 3. The number of amides is 1. The van der Waals surface area contributed by atoms with Gasteiger partial charge < -0.3 is 0 Å². The average Bonchev–Trinajstić information content (AvgIpc) is 2.77. The monoisotopic (exact) mass is 228 g/mol. The van der Waals surface area contributed by atoms with Crippen LogP contribution < -0.4 is 5.43 Å². The third-order valence-electron chi connectivity index (χ3n) is 2.23. The molecule has 0 atom stereocenters. The van der Waals surface area contributed by atoms with Crippen molar-refractivity contribution in [2.45, 2.75) is 0 Å². The van der Waals surface area contributed by atoms with Crippen LogP contribution in [-0.2, 0) is 7.05 Å². The third kappa shape index (κ3) is 2.78. The molecule has 0 saturated heterocycles. The van der Waals surface area contributed by atoms with E-state index in [0.717, 1.165) is 5.56 Å². The quantitative estimate of drug-likeness (QED) is 0.633. The summed E-state index contributed by atoms with van der Waals surface area (Å²) < 4.78 is 1.49. The lowest BCUT2D eigenvalue weighted by molar-refractivity contribution is 0.0946. The molecule has 1 heterocycles. The first kappa shape index (κ1) is 11.1. The lowest BCUT2D eigenvalue weighted by Crippen LogP contribution is -2.20. The van der Waals surface area contributed by atoms with Crippen molar-refractivity contribution < 1.29 is 4.79 Å². The lowest BCUT2D eigenvalue weighted by Gasteiger charge is -1.99. The molecule has 0 aliphatic carbocycles. The van der Waals surface area contributed by atoms with Gasteiger partial charge in [0.05, 0.1) is 6.21 Å². The van der Waals surface area contributed by atoms with E-state index < -0.39 is 0 Å². The minimum absolute atomic E-state index is 0.280. The van der Waals surface area contributed by atoms with Crippen LogP contribution in [0.1, 0.15) is 16.1 Å². The van der Waals surface area contributed by atoms with Crippen molar-refractivity contribution in [1.29, 1.82) is 0 Å². The average molecular weight is 228 g/mol. The predicted molar refractivity (Wildman–Crippen MR) is 64.7 cm³/mol. The van der Waals surface area contributed by atoms with Gasteiger partial charge in [0.15, 0.2) is 0 Å². The van der Waals surface area contributed by atoms with Gasteiger partial charge in [-0.3, -0.25) is 9.48 Å². The van der Waals surface area contributed by atoms with Gasteiger partial charge in [0.25, 0.3) is 5.91 Å². The number of benzene rings is 1. The fourth-order valence-electron chi connectivity index (χ4n) is 1.36. The zero-order valence-corrected chi connectivity index (χ0v) is 9.37. The van der Waals surface area contributed by atoms with Crippen molar-refractivity contribution in [3.8, 4) is 0 Å². The Morgan fingerprint density at radius 2 is 2.12 bits per heavy atom. The van der Waals surface area contributed by atoms with Crippen LogP contribution in [0.3, 0.4) is 0 Å². The highest BCUT2D eigenvalue weighted by Gasteiger charge is 2.07. The Bertz CT molecular complexity index is 530. The zero-order chi connectivity index (χ0) is 12.1. The van der Waals surface area contributed by atoms with E-state index in [-0.39, 0.29) is 5.91 Å². The highest BCUT2D eigenvalue weighted by molar-refractivity contribution is 5.93. The molecule has 1 aromatic heterocycles. The van der Waals surface area contributed by atoms with Gasteiger partial charge in [-0.25, -0.2) is 5.43 Å². The molecule has 1 amide bonds. The van der Waals surface area contributed by atoms with E-state index in [1.165, 1.54) is 4.68 Å². The summed E-state index contributed by atoms with van der Waals surface area (Å²) in [6.07, 6.45) is 3.16. The largest absolute Gasteiger partial charge is 0.289 e. The lowest BCUT2D eigenvalue weighted by atomic mass is 10.2. The Morgan fingerprint density at radius 1 is 1.35 bits per heavy atom. The van der Waals surface area contributed by atoms with Crippen molar-refractivity contribution >= 4 is 12.1 Å². The maximum atomic E-state index is 11.6. The summed E-state index contributed by atoms with van der Waals surface area (Å²) in [6, 6.07) is 11.2. The van der Waals surface area contributed by atoms with Crippen molar-refractivity contribution in [3.63, 3.8) is 0 Å². The fourth-order valence-corrected chi connectivity index (χ4v) is 1.36. The number of aromatic nitrogens is 2. The van der Waals surface area contributed by atoms with Gasteiger partial charge in [0, 0.05) is 13.2 Å². The first-order valence-corrected chi connectivity index (χ1v) is 5.14. The number of carbonyl (C=O) groups is 1. The van der Waals surface area contributed by atoms with Crippen LogP contribution in [-0.4, -0.2) is 21.9 Å². The second kappa shape index (κ2) is 5.07. The number of nitrogens with zero attached hydrogens (tertiary/aromatic N) is 3. The molecular weight excluding hydrogens is 216 g/mol. The van der Waals surface area contributed by atoms with Crippen molar-refractivity contribution in [2.75, 3.05) is 0 Å². The summed E-state index contributed by atoms with van der Waals surface area (Å²) in [5, 5.41) is 7.78. The Labute approximate surface area is 98.8 Å². The summed E-state index contributed by atoms with van der Waals surface area (Å²) >= 11 is 0. The Hall–Kier alpha value is -2.43. The van der Waals surface area contributed by atoms with Gasteiger partial charge in [0.2, 0.25) is 0 Å².